The highest BCUT2D eigenvalue weighted by atomic mass is 15.2. The quantitative estimate of drug-likeness (QED) is 0.529. The molecule has 0 rings (SSSR count). The van der Waals surface area contributed by atoms with E-state index >= 15 is 0 Å². The molecule has 78 valence electrons. The third-order valence-corrected chi connectivity index (χ3v) is 2.43. The first kappa shape index (κ1) is 12.5. The number of amidine groups is 1. The van der Waals surface area contributed by atoms with E-state index in [2.05, 4.69) is 39.5 Å². The predicted octanol–water partition coefficient (Wildman–Crippen LogP) is 3.13. The van der Waals surface area contributed by atoms with Gasteiger partial charge in [-0.25, -0.2) is 0 Å². The van der Waals surface area contributed by atoms with Gasteiger partial charge in [-0.15, -0.1) is 0 Å². The minimum Gasteiger partial charge on any atom is -0.360 e. The fourth-order valence-corrected chi connectivity index (χ4v) is 1.36. The van der Waals surface area contributed by atoms with Crippen molar-refractivity contribution in [2.24, 2.45) is 5.41 Å². The monoisotopic (exact) mass is 184 g/mol. The molecule has 0 aromatic rings. The highest BCUT2D eigenvalue weighted by molar-refractivity contribution is 5.84. The van der Waals surface area contributed by atoms with Crippen LogP contribution in [0.25, 0.3) is 0 Å². The summed E-state index contributed by atoms with van der Waals surface area (Å²) in [5.41, 5.74) is -0.0310. The lowest BCUT2D eigenvalue weighted by Gasteiger charge is -2.33. The van der Waals surface area contributed by atoms with Gasteiger partial charge in [0.15, 0.2) is 0 Å². The van der Waals surface area contributed by atoms with E-state index in [0.29, 0.717) is 6.04 Å². The average Bonchev–Trinajstić information content (AvgIpc) is 2.00. The Morgan fingerprint density at radius 3 is 2.15 bits per heavy atom. The zero-order chi connectivity index (χ0) is 10.6. The molecular weight excluding hydrogens is 160 g/mol. The van der Waals surface area contributed by atoms with Crippen molar-refractivity contribution < 1.29 is 0 Å². The maximum atomic E-state index is 7.98. The Hall–Kier alpha value is -0.530. The number of rotatable bonds is 3. The van der Waals surface area contributed by atoms with Gasteiger partial charge < -0.3 is 4.90 Å². The Kier molecular flexibility index (Phi) is 4.45. The summed E-state index contributed by atoms with van der Waals surface area (Å²) >= 11 is 0. The van der Waals surface area contributed by atoms with Gasteiger partial charge in [-0.05, 0) is 13.3 Å². The predicted molar refractivity (Wildman–Crippen MR) is 59.3 cm³/mol. The van der Waals surface area contributed by atoms with E-state index in [4.69, 9.17) is 5.41 Å². The molecule has 2 heteroatoms. The summed E-state index contributed by atoms with van der Waals surface area (Å²) in [5, 5.41) is 7.98. The summed E-state index contributed by atoms with van der Waals surface area (Å²) in [5.74, 6) is 0.730. The van der Waals surface area contributed by atoms with Gasteiger partial charge in [0.05, 0.1) is 0 Å². The van der Waals surface area contributed by atoms with Crippen molar-refractivity contribution in [3.05, 3.63) is 0 Å². The van der Waals surface area contributed by atoms with E-state index in [1.807, 2.05) is 7.05 Å². The second-order valence-corrected chi connectivity index (χ2v) is 4.85. The van der Waals surface area contributed by atoms with Crippen LogP contribution in [0, 0.1) is 10.8 Å². The molecule has 0 amide bonds. The van der Waals surface area contributed by atoms with Crippen molar-refractivity contribution in [3.63, 3.8) is 0 Å². The third-order valence-electron chi connectivity index (χ3n) is 2.43. The average molecular weight is 184 g/mol. The summed E-state index contributed by atoms with van der Waals surface area (Å²) in [6, 6.07) is 0.483. The Labute approximate surface area is 82.8 Å². The summed E-state index contributed by atoms with van der Waals surface area (Å²) in [6.45, 7) is 10.6. The fourth-order valence-electron chi connectivity index (χ4n) is 1.36. The summed E-state index contributed by atoms with van der Waals surface area (Å²) < 4.78 is 0. The molecule has 0 aromatic heterocycles. The second kappa shape index (κ2) is 4.64. The molecule has 0 spiro atoms. The van der Waals surface area contributed by atoms with Crippen molar-refractivity contribution in [1.82, 2.24) is 4.90 Å². The minimum atomic E-state index is -0.0310. The molecule has 2 nitrogen and oxygen atoms in total. The first-order valence-corrected chi connectivity index (χ1v) is 5.12. The first-order valence-electron chi connectivity index (χ1n) is 5.12. The van der Waals surface area contributed by atoms with Crippen LogP contribution in [0.2, 0.25) is 0 Å². The third kappa shape index (κ3) is 3.79. The Morgan fingerprint density at radius 2 is 1.85 bits per heavy atom. The smallest absolute Gasteiger partial charge is 0.101 e. The van der Waals surface area contributed by atoms with Crippen LogP contribution in [-0.2, 0) is 0 Å². The molecule has 0 aliphatic heterocycles. The maximum absolute atomic E-state index is 7.98. The van der Waals surface area contributed by atoms with E-state index in [9.17, 15) is 0 Å². The number of hydrogen-bond acceptors (Lipinski definition) is 1. The van der Waals surface area contributed by atoms with E-state index < -0.39 is 0 Å². The SMILES string of the molecule is CCCC(C)N(C)C(=N)C(C)(C)C. The lowest BCUT2D eigenvalue weighted by atomic mass is 9.93. The van der Waals surface area contributed by atoms with Gasteiger partial charge in [-0.1, -0.05) is 34.1 Å². The standard InChI is InChI=1S/C11H24N2/c1-7-8-9(2)13(6)10(12)11(3,4)5/h9,12H,7-8H2,1-6H3. The number of hydrogen-bond donors (Lipinski definition) is 1. The molecule has 0 aromatic carbocycles. The molecule has 0 saturated carbocycles. The highest BCUT2D eigenvalue weighted by Crippen LogP contribution is 2.19. The topological polar surface area (TPSA) is 27.1 Å². The van der Waals surface area contributed by atoms with Crippen molar-refractivity contribution in [3.8, 4) is 0 Å². The fraction of sp³-hybridized carbons (Fsp3) is 0.909. The van der Waals surface area contributed by atoms with Gasteiger partial charge in [0, 0.05) is 18.5 Å². The van der Waals surface area contributed by atoms with Crippen LogP contribution < -0.4 is 0 Å². The van der Waals surface area contributed by atoms with E-state index in [1.165, 1.54) is 6.42 Å². The summed E-state index contributed by atoms with van der Waals surface area (Å²) in [7, 11) is 2.02. The molecule has 13 heavy (non-hydrogen) atoms. The van der Waals surface area contributed by atoms with Gasteiger partial charge in [-0.2, -0.15) is 0 Å². The van der Waals surface area contributed by atoms with Crippen LogP contribution in [0.1, 0.15) is 47.5 Å². The lowest BCUT2D eigenvalue weighted by molar-refractivity contribution is 0.329. The molecule has 0 aliphatic rings. The maximum Gasteiger partial charge on any atom is 0.101 e. The van der Waals surface area contributed by atoms with Crippen molar-refractivity contribution in [2.45, 2.75) is 53.5 Å². The van der Waals surface area contributed by atoms with Crippen LogP contribution in [0.5, 0.6) is 0 Å². The molecule has 1 unspecified atom stereocenters. The first-order chi connectivity index (χ1) is 5.80. The minimum absolute atomic E-state index is 0.0310. The van der Waals surface area contributed by atoms with Crippen molar-refractivity contribution in [1.29, 1.82) is 5.41 Å². The largest absolute Gasteiger partial charge is 0.360 e. The Bertz CT molecular complexity index is 167. The zero-order valence-corrected chi connectivity index (χ0v) is 9.94. The van der Waals surface area contributed by atoms with E-state index in [0.717, 1.165) is 12.3 Å². The van der Waals surface area contributed by atoms with E-state index in [-0.39, 0.29) is 5.41 Å². The van der Waals surface area contributed by atoms with Crippen LogP contribution in [0.4, 0.5) is 0 Å². The Balaban J connectivity index is 4.26. The molecule has 1 atom stereocenters. The summed E-state index contributed by atoms with van der Waals surface area (Å²) in [4.78, 5) is 2.09. The number of nitrogens with one attached hydrogen (secondary N) is 1. The molecule has 1 N–H and O–H groups in total. The van der Waals surface area contributed by atoms with Crippen LogP contribution in [-0.4, -0.2) is 23.8 Å². The van der Waals surface area contributed by atoms with Gasteiger partial charge in [-0.3, -0.25) is 5.41 Å². The van der Waals surface area contributed by atoms with Gasteiger partial charge in [0.2, 0.25) is 0 Å². The van der Waals surface area contributed by atoms with Gasteiger partial charge in [0.25, 0.3) is 0 Å². The van der Waals surface area contributed by atoms with Crippen molar-refractivity contribution in [2.75, 3.05) is 7.05 Å². The van der Waals surface area contributed by atoms with Crippen molar-refractivity contribution >= 4 is 5.84 Å². The second-order valence-electron chi connectivity index (χ2n) is 4.85. The highest BCUT2D eigenvalue weighted by Gasteiger charge is 2.23. The Morgan fingerprint density at radius 1 is 1.38 bits per heavy atom. The van der Waals surface area contributed by atoms with Crippen LogP contribution in [0.15, 0.2) is 0 Å². The van der Waals surface area contributed by atoms with Gasteiger partial charge in [0.1, 0.15) is 5.84 Å². The van der Waals surface area contributed by atoms with Gasteiger partial charge >= 0.3 is 0 Å². The molecule has 0 aliphatic carbocycles. The molecule has 0 heterocycles. The molecule has 0 saturated heterocycles. The zero-order valence-electron chi connectivity index (χ0n) is 9.94. The molecule has 0 radical (unpaired) electrons. The van der Waals surface area contributed by atoms with E-state index in [1.54, 1.807) is 0 Å². The van der Waals surface area contributed by atoms with Crippen LogP contribution >= 0.6 is 0 Å². The lowest BCUT2D eigenvalue weighted by Crippen LogP contribution is -2.41. The summed E-state index contributed by atoms with van der Waals surface area (Å²) in [6.07, 6.45) is 2.35. The van der Waals surface area contributed by atoms with Crippen LogP contribution in [0.3, 0.4) is 0 Å². The molecule has 0 fully saturated rings. The normalized spacial score (nSPS) is 14.0. The molecular formula is C11H24N2. The number of nitrogens with zero attached hydrogens (tertiary/aromatic N) is 1. The molecule has 0 bridgehead atoms.